The number of ether oxygens (including phenoxy) is 2. The van der Waals surface area contributed by atoms with Crippen molar-refractivity contribution in [3.05, 3.63) is 70.5 Å². The molecular weight excluding hydrogens is 693 g/mol. The van der Waals surface area contributed by atoms with Crippen LogP contribution in [-0.2, 0) is 28.5 Å². The van der Waals surface area contributed by atoms with E-state index in [2.05, 4.69) is 37.5 Å². The number of rotatable bonds is 7. The van der Waals surface area contributed by atoms with Crippen molar-refractivity contribution in [1.29, 1.82) is 0 Å². The molecule has 53 heavy (non-hydrogen) atoms. The van der Waals surface area contributed by atoms with Gasteiger partial charge in [0.05, 0.1) is 50.0 Å². The summed E-state index contributed by atoms with van der Waals surface area (Å²) in [6, 6.07) is 12.3. The SMILES string of the molecule is COc1ccc2c(c1)C=C(c1c(C(=O)N3[C@H]4CC[C@@H]3CC4)cnn1C)Cn1c-2c(C2CCCCC2)c2ccc(C(=O)NS(=O)(=O)N3CCOCC3)cc21. The maximum atomic E-state index is 14.3. The highest BCUT2D eigenvalue weighted by molar-refractivity contribution is 7.87. The highest BCUT2D eigenvalue weighted by Gasteiger charge is 2.43. The second-order valence-electron chi connectivity index (χ2n) is 15.2. The van der Waals surface area contributed by atoms with Gasteiger partial charge in [0.1, 0.15) is 5.75 Å². The average Bonchev–Trinajstić information content (AvgIpc) is 3.94. The number of morpholine rings is 1. The molecule has 4 aliphatic heterocycles. The normalized spacial score (nSPS) is 22.0. The summed E-state index contributed by atoms with van der Waals surface area (Å²) in [4.78, 5) is 30.2. The van der Waals surface area contributed by atoms with E-state index in [0.29, 0.717) is 18.0 Å². The van der Waals surface area contributed by atoms with E-state index in [9.17, 15) is 18.0 Å². The summed E-state index contributed by atoms with van der Waals surface area (Å²) in [5.41, 5.74) is 7.77. The second kappa shape index (κ2) is 13.4. The van der Waals surface area contributed by atoms with Crippen LogP contribution >= 0.6 is 0 Å². The van der Waals surface area contributed by atoms with E-state index < -0.39 is 16.1 Å². The van der Waals surface area contributed by atoms with Crippen molar-refractivity contribution >= 4 is 44.6 Å². The first-order valence-electron chi connectivity index (χ1n) is 19.0. The van der Waals surface area contributed by atoms with Crippen LogP contribution in [0.3, 0.4) is 0 Å². The molecule has 1 aliphatic carbocycles. The van der Waals surface area contributed by atoms with Crippen molar-refractivity contribution in [3.63, 3.8) is 0 Å². The minimum absolute atomic E-state index is 0.0371. The van der Waals surface area contributed by atoms with Gasteiger partial charge in [-0.15, -0.1) is 0 Å². The molecule has 1 saturated carbocycles. The summed E-state index contributed by atoms with van der Waals surface area (Å²) in [6.07, 6.45) is 13.7. The smallest absolute Gasteiger partial charge is 0.304 e. The Morgan fingerprint density at radius 3 is 2.38 bits per heavy atom. The molecule has 2 aromatic heterocycles. The molecular formula is C40H46N6O6S. The number of carbonyl (C=O) groups is 2. The monoisotopic (exact) mass is 738 g/mol. The van der Waals surface area contributed by atoms with E-state index in [1.54, 1.807) is 19.4 Å². The Morgan fingerprint density at radius 2 is 1.66 bits per heavy atom. The fourth-order valence-corrected chi connectivity index (χ4v) is 10.8. The van der Waals surface area contributed by atoms with Crippen LogP contribution in [0.5, 0.6) is 5.75 Å². The van der Waals surface area contributed by atoms with Crippen molar-refractivity contribution in [1.82, 2.24) is 28.3 Å². The van der Waals surface area contributed by atoms with Crippen LogP contribution in [0, 0.1) is 0 Å². The third-order valence-electron chi connectivity index (χ3n) is 12.2. The largest absolute Gasteiger partial charge is 0.497 e. The maximum absolute atomic E-state index is 14.3. The molecule has 4 aromatic rings. The fraction of sp³-hybridized carbons (Fsp3) is 0.475. The molecule has 3 saturated heterocycles. The lowest BCUT2D eigenvalue weighted by molar-refractivity contribution is 0.0719. The van der Waals surface area contributed by atoms with Gasteiger partial charge in [-0.2, -0.15) is 17.8 Å². The van der Waals surface area contributed by atoms with E-state index in [1.165, 1.54) is 16.3 Å². The van der Waals surface area contributed by atoms with Crippen LogP contribution in [0.1, 0.15) is 101 Å². The number of carbonyl (C=O) groups excluding carboxylic acids is 2. The van der Waals surface area contributed by atoms with Gasteiger partial charge >= 0.3 is 10.2 Å². The van der Waals surface area contributed by atoms with Crippen molar-refractivity contribution in [2.45, 2.75) is 82.3 Å². The van der Waals surface area contributed by atoms with Gasteiger partial charge in [-0.25, -0.2) is 4.72 Å². The topological polar surface area (TPSA) is 128 Å². The Labute approximate surface area is 309 Å². The number of hydrogen-bond acceptors (Lipinski definition) is 7. The molecule has 0 radical (unpaired) electrons. The summed E-state index contributed by atoms with van der Waals surface area (Å²) >= 11 is 0. The number of nitrogens with one attached hydrogen (secondary N) is 1. The zero-order valence-corrected chi connectivity index (χ0v) is 31.2. The molecule has 9 rings (SSSR count). The van der Waals surface area contributed by atoms with Crippen LogP contribution in [0.4, 0.5) is 0 Å². The molecule has 1 N–H and O–H groups in total. The standard InChI is InChI=1S/C40H46N6O6S/c1-43-37(34(23-41-43)40(48)46-29-9-10-30(46)12-11-29)28-20-27-21-31(51-2)13-15-32(27)38-36(25-6-4-3-5-7-25)33-14-8-26(22-35(33)45(38)24-28)39(47)42-53(49,50)44-16-18-52-19-17-44/h8,13-15,20-23,25,29-30H,3-7,9-12,16-19,24H2,1-2H3,(H,42,47)/t29-,30+. The number of aromatic nitrogens is 3. The van der Waals surface area contributed by atoms with E-state index in [-0.39, 0.29) is 49.9 Å². The van der Waals surface area contributed by atoms with Gasteiger partial charge in [0.2, 0.25) is 0 Å². The molecule has 13 heteroatoms. The molecule has 5 aliphatic rings. The van der Waals surface area contributed by atoms with E-state index in [0.717, 1.165) is 96.1 Å². The Bertz CT molecular complexity index is 2240. The molecule has 12 nitrogen and oxygen atoms in total. The number of aryl methyl sites for hydroxylation is 1. The number of fused-ring (bicyclic) bond motifs is 7. The van der Waals surface area contributed by atoms with E-state index >= 15 is 0 Å². The van der Waals surface area contributed by atoms with Crippen LogP contribution in [0.25, 0.3) is 33.8 Å². The molecule has 2 aromatic carbocycles. The lowest BCUT2D eigenvalue weighted by Gasteiger charge is -2.25. The number of allylic oxidation sites excluding steroid dienone is 1. The van der Waals surface area contributed by atoms with Gasteiger partial charge in [0.25, 0.3) is 11.8 Å². The van der Waals surface area contributed by atoms with Crippen LogP contribution in [0.15, 0.2) is 42.6 Å². The zero-order valence-electron chi connectivity index (χ0n) is 30.3. The molecule has 0 atom stereocenters. The molecule has 4 fully saturated rings. The first-order chi connectivity index (χ1) is 25.7. The quantitative estimate of drug-likeness (QED) is 0.257. The van der Waals surface area contributed by atoms with Crippen molar-refractivity contribution < 1.29 is 27.5 Å². The fourth-order valence-electron chi connectivity index (χ4n) is 9.71. The van der Waals surface area contributed by atoms with Gasteiger partial charge in [-0.3, -0.25) is 14.3 Å². The van der Waals surface area contributed by atoms with Gasteiger partial charge in [0.15, 0.2) is 0 Å². The van der Waals surface area contributed by atoms with Crippen LogP contribution < -0.4 is 9.46 Å². The Kier molecular flexibility index (Phi) is 8.70. The van der Waals surface area contributed by atoms with Crippen LogP contribution in [-0.4, -0.2) is 89.3 Å². The number of nitrogens with zero attached hydrogens (tertiary/aromatic N) is 5. The summed E-state index contributed by atoms with van der Waals surface area (Å²) in [5.74, 6) is 0.413. The van der Waals surface area contributed by atoms with Crippen molar-refractivity contribution in [2.75, 3.05) is 33.4 Å². The summed E-state index contributed by atoms with van der Waals surface area (Å²) < 4.78 is 45.1. The Morgan fingerprint density at radius 1 is 0.925 bits per heavy atom. The van der Waals surface area contributed by atoms with Gasteiger partial charge < -0.3 is 18.9 Å². The third kappa shape index (κ3) is 5.88. The molecule has 2 amide bonds. The number of methoxy groups -OCH3 is 1. The average molecular weight is 739 g/mol. The molecule has 6 heterocycles. The number of hydrogen-bond donors (Lipinski definition) is 1. The molecule has 278 valence electrons. The van der Waals surface area contributed by atoms with E-state index in [1.807, 2.05) is 29.9 Å². The molecule has 0 unspecified atom stereocenters. The third-order valence-corrected chi connectivity index (χ3v) is 13.7. The summed E-state index contributed by atoms with van der Waals surface area (Å²) in [7, 11) is -0.493. The van der Waals surface area contributed by atoms with Gasteiger partial charge in [-0.1, -0.05) is 25.3 Å². The van der Waals surface area contributed by atoms with Crippen molar-refractivity contribution in [2.24, 2.45) is 7.05 Å². The first kappa shape index (κ1) is 34.3. The van der Waals surface area contributed by atoms with Gasteiger partial charge in [0, 0.05) is 54.3 Å². The second-order valence-corrected chi connectivity index (χ2v) is 16.9. The highest BCUT2D eigenvalue weighted by atomic mass is 32.2. The Balaban J connectivity index is 1.20. The lowest BCUT2D eigenvalue weighted by atomic mass is 9.81. The molecule has 0 spiro atoms. The predicted molar refractivity (Wildman–Crippen MR) is 202 cm³/mol. The summed E-state index contributed by atoms with van der Waals surface area (Å²) in [6.45, 7) is 1.37. The first-order valence-corrected chi connectivity index (χ1v) is 20.5. The Hall–Kier alpha value is -4.46. The lowest BCUT2D eigenvalue weighted by Crippen LogP contribution is -2.48. The maximum Gasteiger partial charge on any atom is 0.304 e. The minimum Gasteiger partial charge on any atom is -0.497 e. The van der Waals surface area contributed by atoms with Crippen molar-refractivity contribution in [3.8, 4) is 17.0 Å². The summed E-state index contributed by atoms with van der Waals surface area (Å²) in [5, 5.41) is 5.71. The highest BCUT2D eigenvalue weighted by Crippen LogP contribution is 2.48. The van der Waals surface area contributed by atoms with Gasteiger partial charge in [-0.05, 0) is 97.6 Å². The number of benzene rings is 2. The van der Waals surface area contributed by atoms with E-state index in [4.69, 9.17) is 9.47 Å². The predicted octanol–water partition coefficient (Wildman–Crippen LogP) is 5.73. The zero-order chi connectivity index (χ0) is 36.4. The molecule has 2 bridgehead atoms. The number of amides is 2. The minimum atomic E-state index is -4.05. The van der Waals surface area contributed by atoms with Crippen LogP contribution in [0.2, 0.25) is 0 Å².